The number of benzene rings is 4. The summed E-state index contributed by atoms with van der Waals surface area (Å²) in [5.41, 5.74) is 1.97. The molecule has 0 unspecified atom stereocenters. The fourth-order valence-corrected chi connectivity index (χ4v) is 3.73. The Bertz CT molecular complexity index is 1460. The number of rotatable bonds is 5. The van der Waals surface area contributed by atoms with Crippen LogP contribution >= 0.6 is 11.6 Å². The van der Waals surface area contributed by atoms with Gasteiger partial charge in [0.1, 0.15) is 11.3 Å². The van der Waals surface area contributed by atoms with Crippen LogP contribution in [0, 0.1) is 0 Å². The number of carbonyl (C=O) groups excluding carboxylic acids is 1. The number of halogens is 1. The number of amides is 1. The lowest BCUT2D eigenvalue weighted by atomic mass is 10.1. The number of fused-ring (bicyclic) bond motifs is 3. The van der Waals surface area contributed by atoms with Crippen molar-refractivity contribution < 1.29 is 13.9 Å². The first-order chi connectivity index (χ1) is 15.9. The maximum Gasteiger partial charge on any atom is 0.267 e. The van der Waals surface area contributed by atoms with E-state index in [1.165, 1.54) is 0 Å². The highest BCUT2D eigenvalue weighted by atomic mass is 35.5. The van der Waals surface area contributed by atoms with Crippen LogP contribution in [0.3, 0.4) is 0 Å². The number of anilines is 1. The van der Waals surface area contributed by atoms with Gasteiger partial charge in [0.2, 0.25) is 5.89 Å². The van der Waals surface area contributed by atoms with Crippen LogP contribution in [0.15, 0.2) is 89.3 Å². The van der Waals surface area contributed by atoms with Crippen molar-refractivity contribution >= 4 is 45.1 Å². The summed E-state index contributed by atoms with van der Waals surface area (Å²) in [4.78, 5) is 17.5. The molecule has 0 aliphatic heterocycles. The number of nitrogens with one attached hydrogen (secondary N) is 1. The summed E-state index contributed by atoms with van der Waals surface area (Å²) in [5, 5.41) is 5.68. The molecule has 164 valence electrons. The highest BCUT2D eigenvalue weighted by molar-refractivity contribution is 6.30. The number of hydrogen-bond acceptors (Lipinski definition) is 4. The largest absolute Gasteiger partial charge is 0.478 e. The van der Waals surface area contributed by atoms with Gasteiger partial charge in [0.15, 0.2) is 11.2 Å². The Kier molecular flexibility index (Phi) is 5.27. The smallest absolute Gasteiger partial charge is 0.267 e. The quantitative estimate of drug-likeness (QED) is 0.306. The molecule has 0 aliphatic rings. The molecular formula is C27H21ClN2O3. The van der Waals surface area contributed by atoms with Crippen molar-refractivity contribution in [2.75, 3.05) is 5.32 Å². The number of carbonyl (C=O) groups is 1. The van der Waals surface area contributed by atoms with Gasteiger partial charge in [0.05, 0.1) is 0 Å². The first-order valence-electron chi connectivity index (χ1n) is 10.5. The van der Waals surface area contributed by atoms with Gasteiger partial charge in [-0.1, -0.05) is 41.9 Å². The lowest BCUT2D eigenvalue weighted by Gasteiger charge is -2.25. The Labute approximate surface area is 196 Å². The highest BCUT2D eigenvalue weighted by Crippen LogP contribution is 2.30. The molecule has 0 bridgehead atoms. The Morgan fingerprint density at radius 3 is 2.42 bits per heavy atom. The maximum absolute atomic E-state index is 12.8. The van der Waals surface area contributed by atoms with Crippen LogP contribution in [0.2, 0.25) is 5.02 Å². The van der Waals surface area contributed by atoms with Crippen molar-refractivity contribution in [2.45, 2.75) is 19.4 Å². The molecule has 0 fully saturated rings. The Morgan fingerprint density at radius 1 is 0.939 bits per heavy atom. The molecule has 1 N–H and O–H groups in total. The molecule has 6 heteroatoms. The van der Waals surface area contributed by atoms with Crippen LogP contribution in [0.5, 0.6) is 5.75 Å². The van der Waals surface area contributed by atoms with Crippen LogP contribution in [0.25, 0.3) is 33.3 Å². The predicted molar refractivity (Wildman–Crippen MR) is 132 cm³/mol. The standard InChI is InChI=1S/C27H21ClN2O3/c1-27(2,33-21-14-10-19(28)11-15-21)26(31)29-20-12-7-18(8-13-20)25-30-24-22-6-4-3-5-17(22)9-16-23(24)32-25/h3-16H,1-2H3,(H,29,31). The zero-order chi connectivity index (χ0) is 23.0. The minimum atomic E-state index is -1.08. The van der Waals surface area contributed by atoms with Gasteiger partial charge >= 0.3 is 0 Å². The number of hydrogen-bond donors (Lipinski definition) is 1. The summed E-state index contributed by atoms with van der Waals surface area (Å²) in [6.45, 7) is 3.43. The molecule has 1 heterocycles. The third-order valence-electron chi connectivity index (χ3n) is 5.41. The van der Waals surface area contributed by atoms with Crippen molar-refractivity contribution in [1.82, 2.24) is 4.98 Å². The zero-order valence-corrected chi connectivity index (χ0v) is 18.9. The molecule has 1 amide bonds. The molecular weight excluding hydrogens is 436 g/mol. The molecule has 1 aromatic heterocycles. The molecule has 0 saturated heterocycles. The summed E-state index contributed by atoms with van der Waals surface area (Å²) in [7, 11) is 0. The molecule has 0 radical (unpaired) electrons. The van der Waals surface area contributed by atoms with Gasteiger partial charge in [-0.15, -0.1) is 0 Å². The molecule has 5 nitrogen and oxygen atoms in total. The van der Waals surface area contributed by atoms with Crippen molar-refractivity contribution in [3.05, 3.63) is 90.0 Å². The normalized spacial score (nSPS) is 11.6. The van der Waals surface area contributed by atoms with Crippen LogP contribution < -0.4 is 10.1 Å². The Hall–Kier alpha value is -3.83. The molecule has 4 aromatic carbocycles. The monoisotopic (exact) mass is 456 g/mol. The van der Waals surface area contributed by atoms with E-state index < -0.39 is 5.60 Å². The van der Waals surface area contributed by atoms with Gasteiger partial charge in [-0.05, 0) is 73.8 Å². The molecule has 0 saturated carbocycles. The van der Waals surface area contributed by atoms with Crippen LogP contribution in [0.4, 0.5) is 5.69 Å². The zero-order valence-electron chi connectivity index (χ0n) is 18.1. The van der Waals surface area contributed by atoms with Gasteiger partial charge < -0.3 is 14.5 Å². The summed E-state index contributed by atoms with van der Waals surface area (Å²) >= 11 is 5.91. The Balaban J connectivity index is 1.33. The lowest BCUT2D eigenvalue weighted by molar-refractivity contribution is -0.128. The van der Waals surface area contributed by atoms with Crippen molar-refractivity contribution in [2.24, 2.45) is 0 Å². The van der Waals surface area contributed by atoms with E-state index >= 15 is 0 Å². The van der Waals surface area contributed by atoms with E-state index in [0.717, 1.165) is 27.4 Å². The van der Waals surface area contributed by atoms with Crippen molar-refractivity contribution in [3.8, 4) is 17.2 Å². The Morgan fingerprint density at radius 2 is 1.67 bits per heavy atom. The van der Waals surface area contributed by atoms with Gasteiger partial charge in [-0.3, -0.25) is 4.79 Å². The number of ether oxygens (including phenoxy) is 1. The minimum absolute atomic E-state index is 0.265. The summed E-state index contributed by atoms with van der Waals surface area (Å²) in [6.07, 6.45) is 0. The van der Waals surface area contributed by atoms with E-state index in [4.69, 9.17) is 25.7 Å². The third kappa shape index (κ3) is 4.28. The topological polar surface area (TPSA) is 64.4 Å². The van der Waals surface area contributed by atoms with E-state index in [2.05, 4.69) is 11.4 Å². The number of nitrogens with zero attached hydrogens (tertiary/aromatic N) is 1. The second-order valence-electron chi connectivity index (χ2n) is 8.25. The average Bonchev–Trinajstić information content (AvgIpc) is 3.26. The fourth-order valence-electron chi connectivity index (χ4n) is 3.61. The number of oxazole rings is 1. The van der Waals surface area contributed by atoms with Crippen molar-refractivity contribution in [3.63, 3.8) is 0 Å². The fraction of sp³-hybridized carbons (Fsp3) is 0.111. The molecule has 5 rings (SSSR count). The predicted octanol–water partition coefficient (Wildman–Crippen LogP) is 7.10. The van der Waals surface area contributed by atoms with E-state index in [1.54, 1.807) is 38.1 Å². The summed E-state index contributed by atoms with van der Waals surface area (Å²) in [5.74, 6) is 0.836. The van der Waals surface area contributed by atoms with Crippen LogP contribution in [-0.2, 0) is 4.79 Å². The van der Waals surface area contributed by atoms with E-state index in [-0.39, 0.29) is 5.91 Å². The second-order valence-corrected chi connectivity index (χ2v) is 8.69. The third-order valence-corrected chi connectivity index (χ3v) is 5.66. The summed E-state index contributed by atoms with van der Waals surface area (Å²) < 4.78 is 11.8. The summed E-state index contributed by atoms with van der Waals surface area (Å²) in [6, 6.07) is 26.3. The van der Waals surface area contributed by atoms with E-state index in [0.29, 0.717) is 22.4 Å². The highest BCUT2D eigenvalue weighted by Gasteiger charge is 2.30. The van der Waals surface area contributed by atoms with E-state index in [9.17, 15) is 4.79 Å². The van der Waals surface area contributed by atoms with Crippen LogP contribution in [0.1, 0.15) is 13.8 Å². The van der Waals surface area contributed by atoms with Crippen LogP contribution in [-0.4, -0.2) is 16.5 Å². The first kappa shape index (κ1) is 21.0. The first-order valence-corrected chi connectivity index (χ1v) is 10.9. The van der Waals surface area contributed by atoms with Crippen molar-refractivity contribution in [1.29, 1.82) is 0 Å². The minimum Gasteiger partial charge on any atom is -0.478 e. The molecule has 33 heavy (non-hydrogen) atoms. The lowest BCUT2D eigenvalue weighted by Crippen LogP contribution is -2.42. The average molecular weight is 457 g/mol. The van der Waals surface area contributed by atoms with Gasteiger partial charge in [-0.2, -0.15) is 0 Å². The van der Waals surface area contributed by atoms with Gasteiger partial charge in [0, 0.05) is 21.7 Å². The van der Waals surface area contributed by atoms with Gasteiger partial charge in [0.25, 0.3) is 5.91 Å². The maximum atomic E-state index is 12.8. The molecule has 0 atom stereocenters. The number of aromatic nitrogens is 1. The SMILES string of the molecule is CC(C)(Oc1ccc(Cl)cc1)C(=O)Nc1ccc(-c2nc3c(ccc4ccccc43)o2)cc1. The molecule has 0 aliphatic carbocycles. The second kappa shape index (κ2) is 8.26. The molecule has 0 spiro atoms. The van der Waals surface area contributed by atoms with Gasteiger partial charge in [-0.25, -0.2) is 4.98 Å². The van der Waals surface area contributed by atoms with E-state index in [1.807, 2.05) is 54.6 Å². The molecule has 5 aromatic rings.